The van der Waals surface area contributed by atoms with Gasteiger partial charge in [-0.3, -0.25) is 0 Å². The van der Waals surface area contributed by atoms with Gasteiger partial charge >= 0.3 is 0 Å². The number of hydrogen-bond donors (Lipinski definition) is 0. The normalized spacial score (nSPS) is 10.5. The summed E-state index contributed by atoms with van der Waals surface area (Å²) < 4.78 is 43.1. The Morgan fingerprint density at radius 1 is 1.05 bits per heavy atom. The first-order valence-corrected chi connectivity index (χ1v) is 6.30. The highest BCUT2D eigenvalue weighted by molar-refractivity contribution is 5.65. The fraction of sp³-hybridized carbons (Fsp3) is 0. The van der Waals surface area contributed by atoms with Crippen molar-refractivity contribution < 1.29 is 13.2 Å². The molecule has 3 aromatic rings. The van der Waals surface area contributed by atoms with Gasteiger partial charge in [-0.05, 0) is 18.2 Å². The molecule has 0 aliphatic heterocycles. The molecule has 1 aromatic heterocycles. The minimum atomic E-state index is -1.40. The van der Waals surface area contributed by atoms with Crippen LogP contribution in [0.1, 0.15) is 5.56 Å². The fourth-order valence-electron chi connectivity index (χ4n) is 2.11. The molecule has 3 rings (SSSR count). The third-order valence-electron chi connectivity index (χ3n) is 3.17. The number of aromatic nitrogens is 2. The highest BCUT2D eigenvalue weighted by atomic mass is 19.2. The SMILES string of the molecule is N#Cc1cc(F)c(-c2cnn(-c3ccccc3)c2)c(F)c1F. The van der Waals surface area contributed by atoms with Crippen LogP contribution < -0.4 is 0 Å². The second kappa shape index (κ2) is 5.37. The molecule has 1 heterocycles. The Hall–Kier alpha value is -3.07. The molecule has 0 amide bonds. The third kappa shape index (κ3) is 2.23. The maximum Gasteiger partial charge on any atom is 0.177 e. The molecule has 0 unspecified atom stereocenters. The van der Waals surface area contributed by atoms with E-state index in [1.54, 1.807) is 24.3 Å². The van der Waals surface area contributed by atoms with Crippen molar-refractivity contribution in [2.45, 2.75) is 0 Å². The van der Waals surface area contributed by atoms with Crippen LogP contribution in [0.3, 0.4) is 0 Å². The van der Waals surface area contributed by atoms with Crippen molar-refractivity contribution in [2.24, 2.45) is 0 Å². The molecule has 0 aliphatic carbocycles. The average Bonchev–Trinajstić information content (AvgIpc) is 3.01. The van der Waals surface area contributed by atoms with E-state index in [-0.39, 0.29) is 5.56 Å². The van der Waals surface area contributed by atoms with Crippen LogP contribution in [0.4, 0.5) is 13.2 Å². The summed E-state index contributed by atoms with van der Waals surface area (Å²) in [5.74, 6) is -3.78. The van der Waals surface area contributed by atoms with Gasteiger partial charge in [0.05, 0.1) is 23.0 Å². The van der Waals surface area contributed by atoms with Gasteiger partial charge in [0.1, 0.15) is 11.9 Å². The third-order valence-corrected chi connectivity index (χ3v) is 3.17. The molecule has 2 aromatic carbocycles. The van der Waals surface area contributed by atoms with Crippen LogP contribution in [0, 0.1) is 28.8 Å². The molecule has 22 heavy (non-hydrogen) atoms. The molecule has 0 aliphatic rings. The lowest BCUT2D eigenvalue weighted by Gasteiger charge is -2.05. The second-order valence-corrected chi connectivity index (χ2v) is 4.53. The summed E-state index contributed by atoms with van der Waals surface area (Å²) in [6.45, 7) is 0. The molecular formula is C16H8F3N3. The van der Waals surface area contributed by atoms with Crippen molar-refractivity contribution in [1.29, 1.82) is 5.26 Å². The molecule has 3 nitrogen and oxygen atoms in total. The van der Waals surface area contributed by atoms with Crippen molar-refractivity contribution in [2.75, 3.05) is 0 Å². The smallest absolute Gasteiger partial charge is 0.177 e. The molecule has 6 heteroatoms. The Morgan fingerprint density at radius 3 is 2.45 bits per heavy atom. The van der Waals surface area contributed by atoms with Crippen LogP contribution in [0.25, 0.3) is 16.8 Å². The van der Waals surface area contributed by atoms with Gasteiger partial charge in [-0.1, -0.05) is 18.2 Å². The lowest BCUT2D eigenvalue weighted by atomic mass is 10.0. The van der Waals surface area contributed by atoms with Crippen LogP contribution >= 0.6 is 0 Å². The van der Waals surface area contributed by atoms with Gasteiger partial charge < -0.3 is 0 Å². The monoisotopic (exact) mass is 299 g/mol. The number of halogens is 3. The number of hydrogen-bond acceptors (Lipinski definition) is 2. The molecule has 0 fully saturated rings. The number of nitrogens with zero attached hydrogens (tertiary/aromatic N) is 3. The van der Waals surface area contributed by atoms with Gasteiger partial charge in [0, 0.05) is 11.8 Å². The van der Waals surface area contributed by atoms with Crippen molar-refractivity contribution in [3.8, 4) is 22.9 Å². The van der Waals surface area contributed by atoms with E-state index in [0.717, 1.165) is 0 Å². The van der Waals surface area contributed by atoms with Gasteiger partial charge in [-0.2, -0.15) is 10.4 Å². The highest BCUT2D eigenvalue weighted by Gasteiger charge is 2.21. The molecule has 0 bridgehead atoms. The zero-order chi connectivity index (χ0) is 15.7. The summed E-state index contributed by atoms with van der Waals surface area (Å²) in [7, 11) is 0. The number of benzene rings is 2. The van der Waals surface area contributed by atoms with Gasteiger partial charge in [0.25, 0.3) is 0 Å². The van der Waals surface area contributed by atoms with Crippen molar-refractivity contribution in [3.63, 3.8) is 0 Å². The van der Waals surface area contributed by atoms with Crippen molar-refractivity contribution >= 4 is 0 Å². The van der Waals surface area contributed by atoms with Gasteiger partial charge in [0.2, 0.25) is 0 Å². The first kappa shape index (κ1) is 13.9. The molecule has 0 saturated carbocycles. The summed E-state index contributed by atoms with van der Waals surface area (Å²) in [5.41, 5.74) is -0.432. The van der Waals surface area contributed by atoms with E-state index in [9.17, 15) is 13.2 Å². The van der Waals surface area contributed by atoms with E-state index in [1.165, 1.54) is 23.1 Å². The van der Waals surface area contributed by atoms with E-state index in [4.69, 9.17) is 5.26 Å². The lowest BCUT2D eigenvalue weighted by molar-refractivity contribution is 0.496. The van der Waals surface area contributed by atoms with Gasteiger partial charge in [0.15, 0.2) is 11.6 Å². The van der Waals surface area contributed by atoms with Crippen LogP contribution in [-0.2, 0) is 0 Å². The minimum Gasteiger partial charge on any atom is -0.240 e. The Bertz CT molecular complexity index is 880. The van der Waals surface area contributed by atoms with E-state index in [2.05, 4.69) is 5.10 Å². The Labute approximate surface area is 123 Å². The van der Waals surface area contributed by atoms with Crippen LogP contribution in [-0.4, -0.2) is 9.78 Å². The molecule has 0 radical (unpaired) electrons. The highest BCUT2D eigenvalue weighted by Crippen LogP contribution is 2.29. The van der Waals surface area contributed by atoms with Crippen molar-refractivity contribution in [1.82, 2.24) is 9.78 Å². The van der Waals surface area contributed by atoms with Crippen LogP contribution in [0.15, 0.2) is 48.8 Å². The maximum atomic E-state index is 14.0. The topological polar surface area (TPSA) is 41.6 Å². The lowest BCUT2D eigenvalue weighted by Crippen LogP contribution is -1.98. The molecule has 0 spiro atoms. The average molecular weight is 299 g/mol. The Morgan fingerprint density at radius 2 is 1.77 bits per heavy atom. The van der Waals surface area contributed by atoms with E-state index in [0.29, 0.717) is 11.8 Å². The van der Waals surface area contributed by atoms with E-state index in [1.807, 2.05) is 6.07 Å². The summed E-state index contributed by atoms with van der Waals surface area (Å²) >= 11 is 0. The quantitative estimate of drug-likeness (QED) is 0.675. The number of nitriles is 1. The number of rotatable bonds is 2. The zero-order valence-corrected chi connectivity index (χ0v) is 11.1. The van der Waals surface area contributed by atoms with E-state index >= 15 is 0 Å². The molecule has 108 valence electrons. The predicted octanol–water partition coefficient (Wildman–Crippen LogP) is 3.83. The van der Waals surface area contributed by atoms with Crippen molar-refractivity contribution in [3.05, 3.63) is 71.8 Å². The minimum absolute atomic E-state index is 0.0854. The molecular weight excluding hydrogens is 291 g/mol. The molecule has 0 atom stereocenters. The number of para-hydroxylation sites is 1. The van der Waals surface area contributed by atoms with Crippen LogP contribution in [0.2, 0.25) is 0 Å². The Kier molecular flexibility index (Phi) is 3.39. The van der Waals surface area contributed by atoms with E-state index < -0.39 is 28.6 Å². The van der Waals surface area contributed by atoms with Gasteiger partial charge in [-0.15, -0.1) is 0 Å². The molecule has 0 saturated heterocycles. The fourth-order valence-corrected chi connectivity index (χ4v) is 2.11. The standard InChI is InChI=1S/C16H8F3N3/c17-13-6-10(7-20)15(18)16(19)14(13)11-8-21-22(9-11)12-4-2-1-3-5-12/h1-6,8-9H. The summed E-state index contributed by atoms with van der Waals surface area (Å²) in [6, 6.07) is 11.0. The summed E-state index contributed by atoms with van der Waals surface area (Å²) in [4.78, 5) is 0. The largest absolute Gasteiger partial charge is 0.240 e. The maximum absolute atomic E-state index is 14.0. The first-order valence-electron chi connectivity index (χ1n) is 6.30. The zero-order valence-electron chi connectivity index (χ0n) is 11.1. The molecule has 0 N–H and O–H groups in total. The first-order chi connectivity index (χ1) is 10.6. The Balaban J connectivity index is 2.12. The summed E-state index contributed by atoms with van der Waals surface area (Å²) in [6.07, 6.45) is 2.63. The van der Waals surface area contributed by atoms with Gasteiger partial charge in [-0.25, -0.2) is 17.9 Å². The van der Waals surface area contributed by atoms with Crippen LogP contribution in [0.5, 0.6) is 0 Å². The second-order valence-electron chi connectivity index (χ2n) is 4.53. The summed E-state index contributed by atoms with van der Waals surface area (Å²) in [5, 5.41) is 12.7. The predicted molar refractivity (Wildman–Crippen MR) is 73.6 cm³/mol.